The van der Waals surface area contributed by atoms with Gasteiger partial charge in [0.15, 0.2) is 0 Å². The molecule has 2 aromatic carbocycles. The summed E-state index contributed by atoms with van der Waals surface area (Å²) < 4.78 is 5.62. The van der Waals surface area contributed by atoms with Crippen molar-refractivity contribution < 1.29 is 24.2 Å². The maximum atomic E-state index is 12.6. The zero-order valence-corrected chi connectivity index (χ0v) is 19.1. The van der Waals surface area contributed by atoms with Gasteiger partial charge in [-0.05, 0) is 35.1 Å². The van der Waals surface area contributed by atoms with E-state index in [1.54, 1.807) is 0 Å². The summed E-state index contributed by atoms with van der Waals surface area (Å²) in [6, 6.07) is 16.1. The quantitative estimate of drug-likeness (QED) is 0.486. The minimum absolute atomic E-state index is 0.00544. The molecule has 0 aliphatic heterocycles. The number of nitrogens with one attached hydrogen (secondary N) is 2. The first kappa shape index (κ1) is 23.2. The van der Waals surface area contributed by atoms with Gasteiger partial charge in [-0.2, -0.15) is 0 Å². The first-order valence-corrected chi connectivity index (χ1v) is 12.4. The van der Waals surface area contributed by atoms with Crippen LogP contribution in [0, 0.1) is 5.92 Å². The molecule has 2 aliphatic carbocycles. The van der Waals surface area contributed by atoms with Crippen molar-refractivity contribution in [3.05, 3.63) is 59.7 Å². The summed E-state index contributed by atoms with van der Waals surface area (Å²) in [4.78, 5) is 35.7. The average Bonchev–Trinajstić information content (AvgIpc) is 3.39. The van der Waals surface area contributed by atoms with Crippen molar-refractivity contribution in [1.29, 1.82) is 0 Å². The lowest BCUT2D eigenvalue weighted by Gasteiger charge is -2.21. The highest BCUT2D eigenvalue weighted by atomic mass is 32.2. The molecular weight excluding hydrogens is 440 g/mol. The van der Waals surface area contributed by atoms with Gasteiger partial charge in [-0.15, -0.1) is 11.8 Å². The van der Waals surface area contributed by atoms with Crippen molar-refractivity contribution in [1.82, 2.24) is 10.6 Å². The molecule has 2 atom stereocenters. The van der Waals surface area contributed by atoms with Gasteiger partial charge in [0.1, 0.15) is 6.61 Å². The smallest absolute Gasteiger partial charge is 0.407 e. The van der Waals surface area contributed by atoms with E-state index in [1.807, 2.05) is 24.3 Å². The summed E-state index contributed by atoms with van der Waals surface area (Å²) >= 11 is 1.26. The molecule has 1 fully saturated rings. The van der Waals surface area contributed by atoms with Crippen LogP contribution in [0.4, 0.5) is 4.79 Å². The number of fused-ring (bicyclic) bond motifs is 3. The van der Waals surface area contributed by atoms with Gasteiger partial charge in [-0.3, -0.25) is 9.59 Å². The van der Waals surface area contributed by atoms with Crippen LogP contribution in [0.3, 0.4) is 0 Å². The number of rotatable bonds is 9. The van der Waals surface area contributed by atoms with E-state index < -0.39 is 12.1 Å². The van der Waals surface area contributed by atoms with E-state index in [2.05, 4.69) is 34.9 Å². The Kier molecular flexibility index (Phi) is 7.54. The number of ether oxygens (including phenoxy) is 1. The predicted octanol–water partition coefficient (Wildman–Crippen LogP) is 3.63. The number of carbonyl (C=O) groups is 3. The lowest BCUT2D eigenvalue weighted by Crippen LogP contribution is -2.44. The zero-order chi connectivity index (χ0) is 23.2. The highest BCUT2D eigenvalue weighted by Crippen LogP contribution is 2.44. The van der Waals surface area contributed by atoms with Gasteiger partial charge < -0.3 is 20.5 Å². The molecule has 2 amide bonds. The maximum Gasteiger partial charge on any atom is 0.407 e. The van der Waals surface area contributed by atoms with Gasteiger partial charge in [-0.25, -0.2) is 4.79 Å². The largest absolute Gasteiger partial charge is 0.481 e. The summed E-state index contributed by atoms with van der Waals surface area (Å²) in [5, 5.41) is 14.4. The van der Waals surface area contributed by atoms with Crippen molar-refractivity contribution in [2.75, 3.05) is 24.7 Å². The van der Waals surface area contributed by atoms with Crippen LogP contribution in [0.5, 0.6) is 0 Å². The number of amides is 2. The first-order chi connectivity index (χ1) is 16.0. The molecule has 0 radical (unpaired) electrons. The Hall–Kier alpha value is -3.00. The predicted molar refractivity (Wildman–Crippen MR) is 127 cm³/mol. The highest BCUT2D eigenvalue weighted by molar-refractivity contribution is 7.99. The molecule has 0 heterocycles. The molecule has 0 aromatic heterocycles. The second kappa shape index (κ2) is 10.7. The third-order valence-electron chi connectivity index (χ3n) is 6.27. The van der Waals surface area contributed by atoms with Gasteiger partial charge in [0, 0.05) is 24.3 Å². The van der Waals surface area contributed by atoms with E-state index in [-0.39, 0.29) is 36.1 Å². The van der Waals surface area contributed by atoms with Crippen molar-refractivity contribution >= 4 is 29.7 Å². The van der Waals surface area contributed by atoms with Crippen molar-refractivity contribution in [2.24, 2.45) is 5.92 Å². The SMILES string of the molecule is O=C(O)CSCCNC(=O)C1CCCC1NC(=O)OCC1c2ccccc2-c2ccccc21. The lowest BCUT2D eigenvalue weighted by atomic mass is 9.98. The summed E-state index contributed by atoms with van der Waals surface area (Å²) in [6.45, 7) is 0.648. The number of carboxylic acids is 1. The Morgan fingerprint density at radius 2 is 1.67 bits per heavy atom. The van der Waals surface area contributed by atoms with E-state index >= 15 is 0 Å². The van der Waals surface area contributed by atoms with Crippen molar-refractivity contribution in [3.63, 3.8) is 0 Å². The van der Waals surface area contributed by atoms with Crippen LogP contribution in [-0.4, -0.2) is 53.8 Å². The summed E-state index contributed by atoms with van der Waals surface area (Å²) in [6.07, 6.45) is 1.80. The number of alkyl carbamates (subject to hydrolysis) is 1. The van der Waals surface area contributed by atoms with Crippen LogP contribution in [0.1, 0.15) is 36.3 Å². The fraction of sp³-hybridized carbons (Fsp3) is 0.400. The molecule has 0 saturated heterocycles. The minimum atomic E-state index is -0.866. The third kappa shape index (κ3) is 5.50. The molecule has 33 heavy (non-hydrogen) atoms. The molecule has 7 nitrogen and oxygen atoms in total. The number of carbonyl (C=O) groups excluding carboxylic acids is 2. The lowest BCUT2D eigenvalue weighted by molar-refractivity contribution is -0.134. The Bertz CT molecular complexity index is 982. The Balaban J connectivity index is 1.28. The molecule has 174 valence electrons. The second-order valence-electron chi connectivity index (χ2n) is 8.35. The molecule has 2 aliphatic rings. The van der Waals surface area contributed by atoms with Crippen molar-refractivity contribution in [2.45, 2.75) is 31.2 Å². The van der Waals surface area contributed by atoms with Crippen LogP contribution in [0.15, 0.2) is 48.5 Å². The topological polar surface area (TPSA) is 105 Å². The van der Waals surface area contributed by atoms with Crippen LogP contribution in [-0.2, 0) is 14.3 Å². The molecule has 2 unspecified atom stereocenters. The average molecular weight is 469 g/mol. The molecule has 2 aromatic rings. The highest BCUT2D eigenvalue weighted by Gasteiger charge is 2.35. The van der Waals surface area contributed by atoms with Gasteiger partial charge in [-0.1, -0.05) is 55.0 Å². The fourth-order valence-corrected chi connectivity index (χ4v) is 5.34. The van der Waals surface area contributed by atoms with Crippen LogP contribution >= 0.6 is 11.8 Å². The molecule has 4 rings (SSSR count). The Morgan fingerprint density at radius 1 is 1.00 bits per heavy atom. The van der Waals surface area contributed by atoms with Crippen molar-refractivity contribution in [3.8, 4) is 11.1 Å². The molecule has 0 spiro atoms. The molecule has 0 bridgehead atoms. The van der Waals surface area contributed by atoms with Gasteiger partial charge in [0.25, 0.3) is 0 Å². The fourth-order valence-electron chi connectivity index (χ4n) is 4.78. The maximum absolute atomic E-state index is 12.6. The molecule has 8 heteroatoms. The van der Waals surface area contributed by atoms with E-state index in [0.29, 0.717) is 18.7 Å². The third-order valence-corrected chi connectivity index (χ3v) is 7.21. The number of benzene rings is 2. The van der Waals surface area contributed by atoms with Crippen LogP contribution in [0.25, 0.3) is 11.1 Å². The first-order valence-electron chi connectivity index (χ1n) is 11.2. The molecular formula is C25H28N2O5S. The van der Waals surface area contributed by atoms with Gasteiger partial charge in [0.05, 0.1) is 11.7 Å². The van der Waals surface area contributed by atoms with E-state index in [4.69, 9.17) is 9.84 Å². The monoisotopic (exact) mass is 468 g/mol. The number of hydrogen-bond acceptors (Lipinski definition) is 5. The van der Waals surface area contributed by atoms with Gasteiger partial charge in [0.2, 0.25) is 5.91 Å². The molecule has 1 saturated carbocycles. The summed E-state index contributed by atoms with van der Waals surface area (Å²) in [5.74, 6) is -0.716. The minimum Gasteiger partial charge on any atom is -0.481 e. The van der Waals surface area contributed by atoms with E-state index in [1.165, 1.54) is 22.9 Å². The summed E-state index contributed by atoms with van der Waals surface area (Å²) in [5.41, 5.74) is 4.67. The number of thioether (sulfide) groups is 1. The zero-order valence-electron chi connectivity index (χ0n) is 18.3. The normalized spacial score (nSPS) is 18.9. The number of carboxylic acid groups (broad SMARTS) is 1. The van der Waals surface area contributed by atoms with E-state index in [9.17, 15) is 14.4 Å². The standard InChI is InChI=1S/C25H28N2O5S/c28-23(29)15-33-13-12-26-24(30)20-10-5-11-22(20)27-25(31)32-14-21-18-8-3-1-6-16(18)17-7-2-4-9-19(17)21/h1-4,6-9,20-22H,5,10-15H2,(H,26,30)(H,27,31)(H,28,29). The summed E-state index contributed by atoms with van der Waals surface area (Å²) in [7, 11) is 0. The molecule has 3 N–H and O–H groups in total. The Labute approximate surface area is 197 Å². The number of hydrogen-bond donors (Lipinski definition) is 3. The van der Waals surface area contributed by atoms with Gasteiger partial charge >= 0.3 is 12.1 Å². The Morgan fingerprint density at radius 3 is 2.33 bits per heavy atom. The van der Waals surface area contributed by atoms with Crippen LogP contribution in [0.2, 0.25) is 0 Å². The van der Waals surface area contributed by atoms with E-state index in [0.717, 1.165) is 24.0 Å². The number of aliphatic carboxylic acids is 1. The van der Waals surface area contributed by atoms with Crippen LogP contribution < -0.4 is 10.6 Å². The second-order valence-corrected chi connectivity index (χ2v) is 9.46.